The van der Waals surface area contributed by atoms with Gasteiger partial charge in [-0.15, -0.1) is 0 Å². The molecule has 0 atom stereocenters. The van der Waals surface area contributed by atoms with Gasteiger partial charge in [-0.05, 0) is 122 Å². The summed E-state index contributed by atoms with van der Waals surface area (Å²) < 4.78 is 0. The lowest BCUT2D eigenvalue weighted by atomic mass is 9.85. The van der Waals surface area contributed by atoms with E-state index >= 15 is 0 Å². The van der Waals surface area contributed by atoms with Crippen LogP contribution in [0.1, 0.15) is 12.8 Å². The van der Waals surface area contributed by atoms with E-state index in [9.17, 15) is 0 Å². The highest BCUT2D eigenvalue weighted by atomic mass is 15.2. The van der Waals surface area contributed by atoms with Gasteiger partial charge in [0.2, 0.25) is 0 Å². The zero-order valence-electron chi connectivity index (χ0n) is 33.2. The van der Waals surface area contributed by atoms with Crippen molar-refractivity contribution >= 4 is 71.5 Å². The molecule has 0 heterocycles. The van der Waals surface area contributed by atoms with E-state index in [1.54, 1.807) is 0 Å². The average Bonchev–Trinajstić information content (AvgIpc) is 3.32. The Labute approximate surface area is 351 Å². The average molecular weight is 767 g/mol. The van der Waals surface area contributed by atoms with Gasteiger partial charge in [-0.25, -0.2) is 0 Å². The molecule has 0 saturated heterocycles. The maximum Gasteiger partial charge on any atom is 0.0540 e. The molecule has 10 aromatic carbocycles. The molecule has 2 nitrogen and oxygen atoms in total. The molecule has 0 radical (unpaired) electrons. The molecule has 60 heavy (non-hydrogen) atoms. The number of benzene rings is 10. The van der Waals surface area contributed by atoms with Crippen LogP contribution in [0.15, 0.2) is 236 Å². The fraction of sp³-hybridized carbons (Fsp3) is 0.0345. The first kappa shape index (κ1) is 35.5. The largest absolute Gasteiger partial charge is 0.310 e. The van der Waals surface area contributed by atoms with Crippen LogP contribution >= 0.6 is 0 Å². The molecule has 284 valence electrons. The normalized spacial score (nSPS) is 12.6. The summed E-state index contributed by atoms with van der Waals surface area (Å²) in [5.41, 5.74) is 11.8. The van der Waals surface area contributed by atoms with Crippen LogP contribution in [0.5, 0.6) is 0 Å². The fourth-order valence-electron chi connectivity index (χ4n) is 9.35. The second-order valence-corrected chi connectivity index (χ2v) is 15.6. The molecule has 0 bridgehead atoms. The van der Waals surface area contributed by atoms with Crippen molar-refractivity contribution in [2.45, 2.75) is 12.8 Å². The van der Waals surface area contributed by atoms with Crippen LogP contribution in [0.3, 0.4) is 0 Å². The zero-order valence-corrected chi connectivity index (χ0v) is 33.2. The van der Waals surface area contributed by atoms with Gasteiger partial charge in [0.1, 0.15) is 0 Å². The van der Waals surface area contributed by atoms with E-state index in [-0.39, 0.29) is 0 Å². The third-order valence-electron chi connectivity index (χ3n) is 12.0. The van der Waals surface area contributed by atoms with E-state index < -0.39 is 0 Å². The van der Waals surface area contributed by atoms with Crippen molar-refractivity contribution in [2.75, 3.05) is 9.80 Å². The van der Waals surface area contributed by atoms with Crippen LogP contribution in [0.2, 0.25) is 0 Å². The van der Waals surface area contributed by atoms with Gasteiger partial charge in [0.05, 0.1) is 11.4 Å². The molecule has 0 spiro atoms. The predicted molar refractivity (Wildman–Crippen MR) is 257 cm³/mol. The summed E-state index contributed by atoms with van der Waals surface area (Å²) in [5.74, 6) is 0. The molecule has 0 fully saturated rings. The minimum Gasteiger partial charge on any atom is -0.310 e. The van der Waals surface area contributed by atoms with Crippen LogP contribution in [0.4, 0.5) is 28.4 Å². The van der Waals surface area contributed by atoms with E-state index in [1.165, 1.54) is 76.7 Å². The quantitative estimate of drug-likeness (QED) is 0.142. The van der Waals surface area contributed by atoms with E-state index in [1.807, 2.05) is 0 Å². The number of rotatable bonds is 8. The topological polar surface area (TPSA) is 6.48 Å². The third kappa shape index (κ3) is 6.22. The van der Waals surface area contributed by atoms with E-state index in [0.717, 1.165) is 35.6 Å². The molecule has 0 aromatic heterocycles. The van der Waals surface area contributed by atoms with Gasteiger partial charge in [-0.3, -0.25) is 0 Å². The van der Waals surface area contributed by atoms with Crippen LogP contribution in [-0.4, -0.2) is 0 Å². The van der Waals surface area contributed by atoms with Crippen LogP contribution in [0.25, 0.3) is 65.3 Å². The fourth-order valence-corrected chi connectivity index (χ4v) is 9.35. The smallest absolute Gasteiger partial charge is 0.0540 e. The lowest BCUT2D eigenvalue weighted by molar-refractivity contribution is 0.998. The van der Waals surface area contributed by atoms with Crippen molar-refractivity contribution in [2.24, 2.45) is 0 Å². The van der Waals surface area contributed by atoms with Crippen molar-refractivity contribution in [3.63, 3.8) is 0 Å². The zero-order chi connectivity index (χ0) is 39.8. The maximum atomic E-state index is 2.44. The summed E-state index contributed by atoms with van der Waals surface area (Å²) in [7, 11) is 0. The Hall–Kier alpha value is -7.68. The Bertz CT molecular complexity index is 3220. The van der Waals surface area contributed by atoms with Gasteiger partial charge in [0, 0.05) is 33.5 Å². The highest BCUT2D eigenvalue weighted by Gasteiger charge is 2.22. The van der Waals surface area contributed by atoms with Crippen molar-refractivity contribution < 1.29 is 0 Å². The Morgan fingerprint density at radius 3 is 1.25 bits per heavy atom. The minimum absolute atomic E-state index is 1.02. The molecule has 0 amide bonds. The summed E-state index contributed by atoms with van der Waals surface area (Å²) in [6.07, 6.45) is 9.04. The summed E-state index contributed by atoms with van der Waals surface area (Å²) in [6.45, 7) is 0. The number of nitrogens with zero attached hydrogens (tertiary/aromatic N) is 2. The van der Waals surface area contributed by atoms with E-state index in [0.29, 0.717) is 0 Å². The molecule has 0 unspecified atom stereocenters. The molecular formula is C58H42N2. The molecule has 0 aliphatic heterocycles. The maximum absolute atomic E-state index is 2.44. The third-order valence-corrected chi connectivity index (χ3v) is 12.0. The summed E-state index contributed by atoms with van der Waals surface area (Å²) in [6, 6.07) is 77.5. The van der Waals surface area contributed by atoms with E-state index in [2.05, 4.69) is 240 Å². The SMILES string of the molecule is C1=CC(N(c2cccc(-c3c4ccccc4c(-c4cccc(N(c5ccccc5)c5cccc6ccccc56)c4)c4ccccc34)c2)c2cccc3ccccc23)=CCC1. The number of para-hydroxylation sites is 1. The lowest BCUT2D eigenvalue weighted by Gasteiger charge is -2.29. The second kappa shape index (κ2) is 15.2. The first-order chi connectivity index (χ1) is 29.8. The van der Waals surface area contributed by atoms with Crippen molar-refractivity contribution in [1.82, 2.24) is 0 Å². The molecule has 1 aliphatic carbocycles. The van der Waals surface area contributed by atoms with Crippen LogP contribution in [-0.2, 0) is 0 Å². The first-order valence-corrected chi connectivity index (χ1v) is 20.9. The molecule has 11 rings (SSSR count). The van der Waals surface area contributed by atoms with Crippen LogP contribution < -0.4 is 9.80 Å². The standard InChI is InChI=1S/C58H42N2/c1-3-25-45(26-4-1)59(55-37-17-21-41-19-7-9-31-49(41)55)47-29-15-23-43(39-47)57-51-33-11-13-35-53(51)58(54-36-14-12-34-52(54)57)44-24-16-30-48(40-44)60(46-27-5-2-6-28-46)56-38-18-22-42-20-8-10-32-50(42)56/h1,3-5,7-40H,2,6H2. The summed E-state index contributed by atoms with van der Waals surface area (Å²) >= 11 is 0. The number of hydrogen-bond donors (Lipinski definition) is 0. The van der Waals surface area contributed by atoms with Gasteiger partial charge >= 0.3 is 0 Å². The Morgan fingerprint density at radius 1 is 0.317 bits per heavy atom. The van der Waals surface area contributed by atoms with Gasteiger partial charge in [-0.1, -0.05) is 176 Å². The molecule has 1 aliphatic rings. The first-order valence-electron chi connectivity index (χ1n) is 20.9. The van der Waals surface area contributed by atoms with E-state index in [4.69, 9.17) is 0 Å². The van der Waals surface area contributed by atoms with Gasteiger partial charge in [0.15, 0.2) is 0 Å². The van der Waals surface area contributed by atoms with Gasteiger partial charge < -0.3 is 9.80 Å². The Morgan fingerprint density at radius 2 is 0.733 bits per heavy atom. The number of anilines is 5. The van der Waals surface area contributed by atoms with Crippen LogP contribution in [0, 0.1) is 0 Å². The number of fused-ring (bicyclic) bond motifs is 4. The molecule has 0 saturated carbocycles. The predicted octanol–water partition coefficient (Wildman–Crippen LogP) is 16.5. The Balaban J connectivity index is 1.11. The summed E-state index contributed by atoms with van der Waals surface area (Å²) in [5, 5.41) is 9.83. The van der Waals surface area contributed by atoms with Gasteiger partial charge in [0.25, 0.3) is 0 Å². The molecular weight excluding hydrogens is 725 g/mol. The number of hydrogen-bond acceptors (Lipinski definition) is 2. The lowest BCUT2D eigenvalue weighted by Crippen LogP contribution is -2.16. The minimum atomic E-state index is 1.02. The van der Waals surface area contributed by atoms with Crippen molar-refractivity contribution in [3.05, 3.63) is 236 Å². The summed E-state index contributed by atoms with van der Waals surface area (Å²) in [4.78, 5) is 4.84. The van der Waals surface area contributed by atoms with Gasteiger partial charge in [-0.2, -0.15) is 0 Å². The highest BCUT2D eigenvalue weighted by Crippen LogP contribution is 2.47. The van der Waals surface area contributed by atoms with Crippen molar-refractivity contribution in [3.8, 4) is 22.3 Å². The number of allylic oxidation sites excluding steroid dienone is 3. The highest BCUT2D eigenvalue weighted by molar-refractivity contribution is 6.21. The molecule has 0 N–H and O–H groups in total. The molecule has 10 aromatic rings. The molecule has 2 heteroatoms. The Kier molecular flexibility index (Phi) is 9.02. The second-order valence-electron chi connectivity index (χ2n) is 15.6. The van der Waals surface area contributed by atoms with Crippen molar-refractivity contribution in [1.29, 1.82) is 0 Å². The monoisotopic (exact) mass is 766 g/mol.